The van der Waals surface area contributed by atoms with Crippen molar-refractivity contribution in [3.05, 3.63) is 52.3 Å². The van der Waals surface area contributed by atoms with Crippen molar-refractivity contribution in [3.8, 4) is 11.1 Å². The second kappa shape index (κ2) is 4.86. The molecule has 4 heteroatoms. The molecule has 1 aromatic heterocycles. The predicted molar refractivity (Wildman–Crippen MR) is 69.7 cm³/mol. The van der Waals surface area contributed by atoms with Gasteiger partial charge in [0.25, 0.3) is 0 Å². The van der Waals surface area contributed by atoms with Crippen LogP contribution in [0, 0.1) is 0 Å². The molecule has 2 aromatic rings. The lowest BCUT2D eigenvalue weighted by atomic mass is 10.00. The zero-order valence-electron chi connectivity index (χ0n) is 9.08. The van der Waals surface area contributed by atoms with Gasteiger partial charge in [0.05, 0.1) is 10.0 Å². The van der Waals surface area contributed by atoms with Crippen LogP contribution in [0.15, 0.2) is 36.7 Å². The van der Waals surface area contributed by atoms with Crippen LogP contribution in [-0.2, 0) is 0 Å². The highest BCUT2D eigenvalue weighted by molar-refractivity contribution is 6.42. The number of carbonyl (C=O) groups is 1. The molecule has 0 bridgehead atoms. The molecule has 0 saturated carbocycles. The summed E-state index contributed by atoms with van der Waals surface area (Å²) in [6.07, 6.45) is 3.24. The van der Waals surface area contributed by atoms with Gasteiger partial charge in [0.15, 0.2) is 5.78 Å². The number of pyridine rings is 1. The summed E-state index contributed by atoms with van der Waals surface area (Å²) in [6, 6.07) is 6.95. The standard InChI is InChI=1S/C13H9Cl2NO/c1-8(17)10-4-5-16-7-11(10)9-2-3-12(14)13(15)6-9/h2-7H,1H3. The van der Waals surface area contributed by atoms with Gasteiger partial charge in [0, 0.05) is 23.5 Å². The van der Waals surface area contributed by atoms with Crippen molar-refractivity contribution in [2.24, 2.45) is 0 Å². The zero-order valence-corrected chi connectivity index (χ0v) is 10.6. The lowest BCUT2D eigenvalue weighted by Crippen LogP contribution is -1.96. The van der Waals surface area contributed by atoms with Gasteiger partial charge in [-0.1, -0.05) is 29.3 Å². The number of halogens is 2. The van der Waals surface area contributed by atoms with Gasteiger partial charge in [-0.05, 0) is 30.7 Å². The molecule has 1 aromatic carbocycles. The van der Waals surface area contributed by atoms with Crippen molar-refractivity contribution in [1.29, 1.82) is 0 Å². The number of benzene rings is 1. The number of Topliss-reactive ketones (excluding diaryl/α,β-unsaturated/α-hetero) is 1. The van der Waals surface area contributed by atoms with E-state index in [0.717, 1.165) is 11.1 Å². The minimum Gasteiger partial charge on any atom is -0.294 e. The molecular formula is C13H9Cl2NO. The third-order valence-electron chi connectivity index (χ3n) is 2.43. The molecule has 0 atom stereocenters. The van der Waals surface area contributed by atoms with Crippen LogP contribution in [0.5, 0.6) is 0 Å². The number of ketones is 1. The Morgan fingerprint density at radius 2 is 1.94 bits per heavy atom. The van der Waals surface area contributed by atoms with E-state index in [1.165, 1.54) is 6.92 Å². The maximum absolute atomic E-state index is 11.5. The Morgan fingerprint density at radius 3 is 2.59 bits per heavy atom. The molecule has 0 unspecified atom stereocenters. The van der Waals surface area contributed by atoms with E-state index < -0.39 is 0 Å². The topological polar surface area (TPSA) is 30.0 Å². The first-order valence-electron chi connectivity index (χ1n) is 5.00. The van der Waals surface area contributed by atoms with Gasteiger partial charge in [0.1, 0.15) is 0 Å². The van der Waals surface area contributed by atoms with Crippen molar-refractivity contribution in [3.63, 3.8) is 0 Å². The molecule has 0 aliphatic heterocycles. The van der Waals surface area contributed by atoms with E-state index >= 15 is 0 Å². The summed E-state index contributed by atoms with van der Waals surface area (Å²) in [5, 5.41) is 0.950. The molecule has 0 N–H and O–H groups in total. The third-order valence-corrected chi connectivity index (χ3v) is 3.17. The van der Waals surface area contributed by atoms with Gasteiger partial charge in [-0.15, -0.1) is 0 Å². The van der Waals surface area contributed by atoms with Crippen molar-refractivity contribution in [2.75, 3.05) is 0 Å². The minimum atomic E-state index is -0.00604. The van der Waals surface area contributed by atoms with Crippen molar-refractivity contribution >= 4 is 29.0 Å². The molecular weight excluding hydrogens is 257 g/mol. The van der Waals surface area contributed by atoms with Crippen LogP contribution in [0.25, 0.3) is 11.1 Å². The van der Waals surface area contributed by atoms with Crippen molar-refractivity contribution < 1.29 is 4.79 Å². The van der Waals surface area contributed by atoms with Gasteiger partial charge in [0.2, 0.25) is 0 Å². The summed E-state index contributed by atoms with van der Waals surface area (Å²) in [5.74, 6) is -0.00604. The van der Waals surface area contributed by atoms with E-state index in [-0.39, 0.29) is 5.78 Å². The fourth-order valence-electron chi connectivity index (χ4n) is 1.60. The first kappa shape index (κ1) is 12.1. The normalized spacial score (nSPS) is 10.3. The molecule has 0 saturated heterocycles. The number of rotatable bonds is 2. The summed E-state index contributed by atoms with van der Waals surface area (Å²) < 4.78 is 0. The molecule has 2 rings (SSSR count). The zero-order chi connectivity index (χ0) is 12.4. The first-order chi connectivity index (χ1) is 8.09. The second-order valence-electron chi connectivity index (χ2n) is 3.61. The summed E-state index contributed by atoms with van der Waals surface area (Å²) in [6.45, 7) is 1.52. The van der Waals surface area contributed by atoms with Gasteiger partial charge in [-0.2, -0.15) is 0 Å². The predicted octanol–water partition coefficient (Wildman–Crippen LogP) is 4.26. The van der Waals surface area contributed by atoms with Crippen molar-refractivity contribution in [2.45, 2.75) is 6.92 Å². The monoisotopic (exact) mass is 265 g/mol. The largest absolute Gasteiger partial charge is 0.294 e. The van der Waals surface area contributed by atoms with Crippen LogP contribution >= 0.6 is 23.2 Å². The summed E-state index contributed by atoms with van der Waals surface area (Å²) in [7, 11) is 0. The Hall–Kier alpha value is -1.38. The smallest absolute Gasteiger partial charge is 0.160 e. The maximum atomic E-state index is 11.5. The highest BCUT2D eigenvalue weighted by Crippen LogP contribution is 2.30. The fraction of sp³-hybridized carbons (Fsp3) is 0.0769. The fourth-order valence-corrected chi connectivity index (χ4v) is 1.89. The number of hydrogen-bond acceptors (Lipinski definition) is 2. The number of nitrogens with zero attached hydrogens (tertiary/aromatic N) is 1. The molecule has 0 aliphatic carbocycles. The van der Waals surface area contributed by atoms with Crippen LogP contribution < -0.4 is 0 Å². The molecule has 1 heterocycles. The molecule has 86 valence electrons. The number of hydrogen-bond donors (Lipinski definition) is 0. The molecule has 17 heavy (non-hydrogen) atoms. The molecule has 2 nitrogen and oxygen atoms in total. The second-order valence-corrected chi connectivity index (χ2v) is 4.42. The van der Waals surface area contributed by atoms with Crippen LogP contribution in [0.1, 0.15) is 17.3 Å². The van der Waals surface area contributed by atoms with Crippen LogP contribution in [0.2, 0.25) is 10.0 Å². The average Bonchev–Trinajstić information content (AvgIpc) is 2.32. The number of carbonyl (C=O) groups excluding carboxylic acids is 1. The molecule has 0 fully saturated rings. The molecule has 0 amide bonds. The van der Waals surface area contributed by atoms with E-state index in [2.05, 4.69) is 4.98 Å². The summed E-state index contributed by atoms with van der Waals surface area (Å²) in [5.41, 5.74) is 2.22. The van der Waals surface area contributed by atoms with Gasteiger partial charge >= 0.3 is 0 Å². The highest BCUT2D eigenvalue weighted by Gasteiger charge is 2.10. The van der Waals surface area contributed by atoms with Crippen molar-refractivity contribution in [1.82, 2.24) is 4.98 Å². The molecule has 0 radical (unpaired) electrons. The average molecular weight is 266 g/mol. The Labute approximate surface area is 109 Å². The Bertz CT molecular complexity index is 581. The van der Waals surface area contributed by atoms with Gasteiger partial charge < -0.3 is 0 Å². The van der Waals surface area contributed by atoms with E-state index in [0.29, 0.717) is 15.6 Å². The van der Waals surface area contributed by atoms with E-state index in [4.69, 9.17) is 23.2 Å². The SMILES string of the molecule is CC(=O)c1ccncc1-c1ccc(Cl)c(Cl)c1. The van der Waals surface area contributed by atoms with E-state index in [1.54, 1.807) is 30.6 Å². The van der Waals surface area contributed by atoms with Gasteiger partial charge in [-0.25, -0.2) is 0 Å². The lowest BCUT2D eigenvalue weighted by molar-refractivity contribution is 0.101. The Kier molecular flexibility index (Phi) is 3.46. The maximum Gasteiger partial charge on any atom is 0.160 e. The third kappa shape index (κ3) is 2.48. The first-order valence-corrected chi connectivity index (χ1v) is 5.75. The lowest BCUT2D eigenvalue weighted by Gasteiger charge is -2.07. The quantitative estimate of drug-likeness (QED) is 0.760. The summed E-state index contributed by atoms with van der Waals surface area (Å²) >= 11 is 11.8. The van der Waals surface area contributed by atoms with Crippen LogP contribution in [0.4, 0.5) is 0 Å². The Balaban J connectivity index is 2.60. The van der Waals surface area contributed by atoms with Crippen LogP contribution in [0.3, 0.4) is 0 Å². The molecule has 0 aliphatic rings. The Morgan fingerprint density at radius 1 is 1.18 bits per heavy atom. The van der Waals surface area contributed by atoms with E-state index in [9.17, 15) is 4.79 Å². The summed E-state index contributed by atoms with van der Waals surface area (Å²) in [4.78, 5) is 15.5. The van der Waals surface area contributed by atoms with Gasteiger partial charge in [-0.3, -0.25) is 9.78 Å². The highest BCUT2D eigenvalue weighted by atomic mass is 35.5. The number of aromatic nitrogens is 1. The van der Waals surface area contributed by atoms with Crippen LogP contribution in [-0.4, -0.2) is 10.8 Å². The molecule has 0 spiro atoms. The minimum absolute atomic E-state index is 0.00604. The van der Waals surface area contributed by atoms with E-state index in [1.807, 2.05) is 6.07 Å².